The molecule has 2 saturated heterocycles. The highest BCUT2D eigenvalue weighted by atomic mass is 16.5. The molecule has 0 aliphatic carbocycles. The van der Waals surface area contributed by atoms with Crippen LogP contribution in [0.3, 0.4) is 0 Å². The lowest BCUT2D eigenvalue weighted by Gasteiger charge is -2.34. The van der Waals surface area contributed by atoms with Gasteiger partial charge in [0.1, 0.15) is 12.4 Å². The van der Waals surface area contributed by atoms with E-state index in [9.17, 15) is 9.90 Å². The maximum absolute atomic E-state index is 11.4. The van der Waals surface area contributed by atoms with Gasteiger partial charge in [0, 0.05) is 57.4 Å². The van der Waals surface area contributed by atoms with Crippen LogP contribution >= 0.6 is 0 Å². The van der Waals surface area contributed by atoms with Crippen LogP contribution < -0.4 is 9.64 Å². The quantitative estimate of drug-likeness (QED) is 0.549. The largest absolute Gasteiger partial charge is 0.465 e. The van der Waals surface area contributed by atoms with Gasteiger partial charge >= 0.3 is 12.1 Å². The predicted octanol–water partition coefficient (Wildman–Crippen LogP) is 3.42. The maximum Gasteiger partial charge on any atom is 0.407 e. The van der Waals surface area contributed by atoms with E-state index in [1.54, 1.807) is 0 Å². The molecule has 1 amide bonds. The van der Waals surface area contributed by atoms with Gasteiger partial charge in [-0.15, -0.1) is 0 Å². The minimum atomic E-state index is -0.862. The second-order valence-electron chi connectivity index (χ2n) is 10.4. The minimum Gasteiger partial charge on any atom is -0.465 e. The van der Waals surface area contributed by atoms with Crippen molar-refractivity contribution in [3.8, 4) is 6.01 Å². The standard InChI is InChI=1S/C28H34N6O3/c1-31-11-5-9-22(31)19-37-27-29-25-18-32(16-21-8-4-7-20-6-2-3-10-23(20)21)17-24(25)26(30-27)33-12-14-34(15-13-33)28(35)36/h2-4,6-8,10,22H,5,9,11-19H2,1H3,(H,35,36)/t22-/m0/s1. The molecule has 0 unspecified atom stereocenters. The summed E-state index contributed by atoms with van der Waals surface area (Å²) in [4.78, 5) is 29.6. The van der Waals surface area contributed by atoms with Gasteiger partial charge in [-0.25, -0.2) is 4.79 Å². The lowest BCUT2D eigenvalue weighted by atomic mass is 10.0. The van der Waals surface area contributed by atoms with Gasteiger partial charge in [0.15, 0.2) is 0 Å². The summed E-state index contributed by atoms with van der Waals surface area (Å²) < 4.78 is 6.17. The summed E-state index contributed by atoms with van der Waals surface area (Å²) in [7, 11) is 2.14. The first-order valence-electron chi connectivity index (χ1n) is 13.2. The van der Waals surface area contributed by atoms with E-state index in [4.69, 9.17) is 14.7 Å². The summed E-state index contributed by atoms with van der Waals surface area (Å²) in [6.07, 6.45) is 1.46. The average molecular weight is 503 g/mol. The number of aromatic nitrogens is 2. The minimum absolute atomic E-state index is 0.391. The fraction of sp³-hybridized carbons (Fsp3) is 0.464. The number of likely N-dealkylation sites (N-methyl/N-ethyl adjacent to an activating group) is 1. The second-order valence-corrected chi connectivity index (χ2v) is 10.4. The van der Waals surface area contributed by atoms with E-state index in [0.29, 0.717) is 44.8 Å². The van der Waals surface area contributed by atoms with Gasteiger partial charge in [-0.3, -0.25) is 4.90 Å². The number of amides is 1. The van der Waals surface area contributed by atoms with Gasteiger partial charge in [-0.05, 0) is 42.8 Å². The third kappa shape index (κ3) is 4.93. The first-order valence-corrected chi connectivity index (χ1v) is 13.2. The highest BCUT2D eigenvalue weighted by Crippen LogP contribution is 2.33. The van der Waals surface area contributed by atoms with E-state index in [1.165, 1.54) is 27.7 Å². The molecule has 37 heavy (non-hydrogen) atoms. The SMILES string of the molecule is CN1CCC[C@H]1COc1nc2c(c(N3CCN(C(=O)O)CC3)n1)CN(Cc1cccc3ccccc13)C2. The molecule has 0 radical (unpaired) electrons. The number of piperazine rings is 1. The van der Waals surface area contributed by atoms with Crippen molar-refractivity contribution in [2.45, 2.75) is 38.5 Å². The van der Waals surface area contributed by atoms with Crippen molar-refractivity contribution in [2.24, 2.45) is 0 Å². The Morgan fingerprint density at radius 2 is 1.84 bits per heavy atom. The molecule has 194 valence electrons. The Morgan fingerprint density at radius 3 is 2.62 bits per heavy atom. The Morgan fingerprint density at radius 1 is 1.03 bits per heavy atom. The van der Waals surface area contributed by atoms with E-state index in [0.717, 1.165) is 49.7 Å². The number of carboxylic acid groups (broad SMARTS) is 1. The van der Waals surface area contributed by atoms with E-state index in [-0.39, 0.29) is 0 Å². The molecule has 1 aromatic heterocycles. The van der Waals surface area contributed by atoms with Crippen LogP contribution in [0.2, 0.25) is 0 Å². The van der Waals surface area contributed by atoms with Crippen LogP contribution in [0.4, 0.5) is 10.6 Å². The van der Waals surface area contributed by atoms with Gasteiger partial charge in [0.2, 0.25) is 0 Å². The van der Waals surface area contributed by atoms with Crippen LogP contribution in [0.5, 0.6) is 6.01 Å². The molecule has 0 bridgehead atoms. The van der Waals surface area contributed by atoms with Crippen LogP contribution in [-0.2, 0) is 19.6 Å². The molecule has 0 saturated carbocycles. The predicted molar refractivity (Wildman–Crippen MR) is 142 cm³/mol. The number of benzene rings is 2. The topological polar surface area (TPSA) is 85.3 Å². The number of anilines is 1. The smallest absolute Gasteiger partial charge is 0.407 e. The molecule has 1 N–H and O–H groups in total. The van der Waals surface area contributed by atoms with Gasteiger partial charge in [0.05, 0.1) is 5.69 Å². The van der Waals surface area contributed by atoms with Crippen LogP contribution in [0, 0.1) is 0 Å². The fourth-order valence-electron chi connectivity index (χ4n) is 5.86. The second kappa shape index (κ2) is 10.1. The molecule has 6 rings (SSSR count). The summed E-state index contributed by atoms with van der Waals surface area (Å²) in [5.41, 5.74) is 3.45. The number of hydrogen-bond donors (Lipinski definition) is 1. The molecule has 3 aliphatic rings. The zero-order valence-corrected chi connectivity index (χ0v) is 21.3. The van der Waals surface area contributed by atoms with Gasteiger partial charge in [-0.1, -0.05) is 42.5 Å². The lowest BCUT2D eigenvalue weighted by Crippen LogP contribution is -2.48. The highest BCUT2D eigenvalue weighted by molar-refractivity contribution is 5.85. The summed E-state index contributed by atoms with van der Waals surface area (Å²) >= 11 is 0. The first kappa shape index (κ1) is 23.9. The van der Waals surface area contributed by atoms with Crippen LogP contribution in [0.25, 0.3) is 10.8 Å². The Balaban J connectivity index is 1.25. The van der Waals surface area contributed by atoms with Crippen LogP contribution in [-0.4, -0.2) is 88.3 Å². The van der Waals surface area contributed by atoms with Crippen molar-refractivity contribution < 1.29 is 14.6 Å². The normalized spacial score (nSPS) is 20.5. The van der Waals surface area contributed by atoms with Crippen LogP contribution in [0.1, 0.15) is 29.7 Å². The van der Waals surface area contributed by atoms with Crippen molar-refractivity contribution in [3.63, 3.8) is 0 Å². The number of nitrogens with zero attached hydrogens (tertiary/aromatic N) is 6. The summed E-state index contributed by atoms with van der Waals surface area (Å²) in [5.74, 6) is 0.894. The molecule has 9 heteroatoms. The van der Waals surface area contributed by atoms with Crippen molar-refractivity contribution in [2.75, 3.05) is 51.3 Å². The molecular formula is C28H34N6O3. The molecule has 3 aliphatic heterocycles. The lowest BCUT2D eigenvalue weighted by molar-refractivity contribution is 0.142. The monoisotopic (exact) mass is 502 g/mol. The van der Waals surface area contributed by atoms with Gasteiger partial charge in [0.25, 0.3) is 0 Å². The van der Waals surface area contributed by atoms with Gasteiger partial charge in [-0.2, -0.15) is 9.97 Å². The van der Waals surface area contributed by atoms with Crippen molar-refractivity contribution in [3.05, 3.63) is 59.3 Å². The van der Waals surface area contributed by atoms with Crippen molar-refractivity contribution in [1.29, 1.82) is 0 Å². The average Bonchev–Trinajstić information content (AvgIpc) is 3.52. The van der Waals surface area contributed by atoms with Crippen molar-refractivity contribution >= 4 is 22.7 Å². The molecule has 3 aromatic rings. The number of carbonyl (C=O) groups is 1. The summed E-state index contributed by atoms with van der Waals surface area (Å²) in [5, 5.41) is 11.9. The zero-order valence-electron chi connectivity index (χ0n) is 21.3. The Hall–Kier alpha value is -3.43. The van der Waals surface area contributed by atoms with E-state index < -0.39 is 6.09 Å². The number of fused-ring (bicyclic) bond motifs is 2. The molecular weight excluding hydrogens is 468 g/mol. The number of ether oxygens (including phenoxy) is 1. The Labute approximate surface area is 217 Å². The Kier molecular flexibility index (Phi) is 6.56. The number of hydrogen-bond acceptors (Lipinski definition) is 7. The summed E-state index contributed by atoms with van der Waals surface area (Å²) in [6, 6.07) is 15.8. The number of rotatable bonds is 6. The van der Waals surface area contributed by atoms with Gasteiger partial charge < -0.3 is 24.5 Å². The molecule has 0 spiro atoms. The Bertz CT molecular complexity index is 1290. The van der Waals surface area contributed by atoms with Crippen molar-refractivity contribution in [1.82, 2.24) is 24.7 Å². The molecule has 2 fully saturated rings. The van der Waals surface area contributed by atoms with E-state index >= 15 is 0 Å². The third-order valence-electron chi connectivity index (χ3n) is 8.01. The molecule has 4 heterocycles. The highest BCUT2D eigenvalue weighted by Gasteiger charge is 2.31. The zero-order chi connectivity index (χ0) is 25.4. The summed E-state index contributed by atoms with van der Waals surface area (Å²) in [6.45, 7) is 6.18. The van der Waals surface area contributed by atoms with E-state index in [1.807, 2.05) is 0 Å². The maximum atomic E-state index is 11.4. The number of likely N-dealkylation sites (tertiary alicyclic amines) is 1. The third-order valence-corrected chi connectivity index (χ3v) is 8.01. The molecule has 1 atom stereocenters. The fourth-order valence-corrected chi connectivity index (χ4v) is 5.86. The first-order chi connectivity index (χ1) is 18.0. The molecule has 9 nitrogen and oxygen atoms in total. The molecule has 2 aromatic carbocycles. The van der Waals surface area contributed by atoms with E-state index in [2.05, 4.69) is 64.2 Å². The van der Waals surface area contributed by atoms with Crippen LogP contribution in [0.15, 0.2) is 42.5 Å².